The first-order valence-electron chi connectivity index (χ1n) is 6.25. The van der Waals surface area contributed by atoms with Gasteiger partial charge < -0.3 is 11.1 Å². The van der Waals surface area contributed by atoms with Gasteiger partial charge >= 0.3 is 0 Å². The van der Waals surface area contributed by atoms with Crippen LogP contribution in [-0.2, 0) is 0 Å². The van der Waals surface area contributed by atoms with Crippen molar-refractivity contribution < 1.29 is 4.92 Å². The van der Waals surface area contributed by atoms with Crippen molar-refractivity contribution in [3.63, 3.8) is 0 Å². The molecule has 2 rings (SSSR count). The Morgan fingerprint density at radius 1 is 1.30 bits per heavy atom. The van der Waals surface area contributed by atoms with Crippen molar-refractivity contribution in [1.82, 2.24) is 4.98 Å². The summed E-state index contributed by atoms with van der Waals surface area (Å²) in [6, 6.07) is 10.4. The molecule has 0 radical (unpaired) electrons. The van der Waals surface area contributed by atoms with Gasteiger partial charge in [-0.1, -0.05) is 32.0 Å². The van der Waals surface area contributed by atoms with Gasteiger partial charge in [0.15, 0.2) is 0 Å². The number of nitrogen functional groups attached to an aromatic ring is 1. The monoisotopic (exact) mass is 272 g/mol. The topological polar surface area (TPSA) is 94.1 Å². The van der Waals surface area contributed by atoms with Crippen molar-refractivity contribution in [2.75, 3.05) is 11.1 Å². The molecule has 1 heterocycles. The maximum Gasteiger partial charge on any atom is 0.276 e. The van der Waals surface area contributed by atoms with E-state index in [1.807, 2.05) is 24.3 Å². The zero-order valence-corrected chi connectivity index (χ0v) is 11.3. The van der Waals surface area contributed by atoms with Crippen LogP contribution in [0.5, 0.6) is 0 Å². The number of benzene rings is 1. The number of rotatable bonds is 4. The van der Waals surface area contributed by atoms with Crippen LogP contribution in [0.25, 0.3) is 0 Å². The van der Waals surface area contributed by atoms with Crippen LogP contribution >= 0.6 is 0 Å². The Morgan fingerprint density at radius 3 is 2.65 bits per heavy atom. The van der Waals surface area contributed by atoms with Gasteiger partial charge in [-0.25, -0.2) is 4.98 Å². The molecule has 2 aromatic rings. The first kappa shape index (κ1) is 13.8. The fourth-order valence-electron chi connectivity index (χ4n) is 1.96. The third kappa shape index (κ3) is 3.03. The molecular weight excluding hydrogens is 256 g/mol. The molecule has 0 spiro atoms. The van der Waals surface area contributed by atoms with Crippen molar-refractivity contribution >= 4 is 23.0 Å². The highest BCUT2D eigenvalue weighted by atomic mass is 16.6. The number of anilines is 3. The van der Waals surface area contributed by atoms with E-state index in [2.05, 4.69) is 24.1 Å². The molecule has 0 saturated heterocycles. The minimum absolute atomic E-state index is 0.0815. The third-order valence-electron chi connectivity index (χ3n) is 2.89. The summed E-state index contributed by atoms with van der Waals surface area (Å²) in [7, 11) is 0. The Morgan fingerprint density at radius 2 is 2.00 bits per heavy atom. The van der Waals surface area contributed by atoms with Gasteiger partial charge in [0.05, 0.1) is 17.1 Å². The third-order valence-corrected chi connectivity index (χ3v) is 2.89. The fraction of sp³-hybridized carbons (Fsp3) is 0.214. The van der Waals surface area contributed by atoms with Crippen molar-refractivity contribution in [3.05, 3.63) is 52.1 Å². The average molecular weight is 272 g/mol. The van der Waals surface area contributed by atoms with Gasteiger partial charge in [-0.05, 0) is 17.5 Å². The number of nitrogens with two attached hydrogens (primary N) is 1. The van der Waals surface area contributed by atoms with Gasteiger partial charge in [-0.15, -0.1) is 0 Å². The van der Waals surface area contributed by atoms with E-state index in [9.17, 15) is 10.1 Å². The molecule has 1 aromatic heterocycles. The lowest BCUT2D eigenvalue weighted by Crippen LogP contribution is -2.02. The predicted octanol–water partition coefficient (Wildman–Crippen LogP) is 3.44. The Kier molecular flexibility index (Phi) is 3.84. The highest BCUT2D eigenvalue weighted by molar-refractivity contribution is 5.64. The number of hydrogen-bond acceptors (Lipinski definition) is 5. The lowest BCUT2D eigenvalue weighted by atomic mass is 10.0. The standard InChI is InChI=1S/C14H16N4O2/c1-9(2)11-5-3-4-6-12(11)16-14-8-10(18(19)20)7-13(15)17-14/h3-9H,1-2H3,(H3,15,16,17). The van der Waals surface area contributed by atoms with Gasteiger partial charge in [0, 0.05) is 5.69 Å². The van der Waals surface area contributed by atoms with E-state index in [1.165, 1.54) is 12.1 Å². The van der Waals surface area contributed by atoms with E-state index in [1.54, 1.807) is 0 Å². The molecule has 20 heavy (non-hydrogen) atoms. The number of hydrogen-bond donors (Lipinski definition) is 2. The highest BCUT2D eigenvalue weighted by Crippen LogP contribution is 2.28. The van der Waals surface area contributed by atoms with Crippen molar-refractivity contribution in [2.45, 2.75) is 19.8 Å². The molecule has 0 saturated carbocycles. The molecule has 0 amide bonds. The first-order valence-corrected chi connectivity index (χ1v) is 6.25. The minimum atomic E-state index is -0.489. The predicted molar refractivity (Wildman–Crippen MR) is 79.1 cm³/mol. The minimum Gasteiger partial charge on any atom is -0.383 e. The van der Waals surface area contributed by atoms with Crippen molar-refractivity contribution in [1.29, 1.82) is 0 Å². The van der Waals surface area contributed by atoms with Crippen molar-refractivity contribution in [2.24, 2.45) is 0 Å². The van der Waals surface area contributed by atoms with E-state index in [-0.39, 0.29) is 11.5 Å². The Balaban J connectivity index is 2.37. The lowest BCUT2D eigenvalue weighted by molar-refractivity contribution is -0.384. The maximum absolute atomic E-state index is 10.8. The van der Waals surface area contributed by atoms with Crippen LogP contribution in [0.1, 0.15) is 25.3 Å². The molecular formula is C14H16N4O2. The molecule has 3 N–H and O–H groups in total. The summed E-state index contributed by atoms with van der Waals surface area (Å²) in [5.74, 6) is 0.809. The summed E-state index contributed by atoms with van der Waals surface area (Å²) in [4.78, 5) is 14.4. The van der Waals surface area contributed by atoms with Gasteiger partial charge in [-0.2, -0.15) is 0 Å². The van der Waals surface area contributed by atoms with E-state index < -0.39 is 4.92 Å². The number of nitrogens with one attached hydrogen (secondary N) is 1. The van der Waals surface area contributed by atoms with Gasteiger partial charge in [0.25, 0.3) is 5.69 Å². The second-order valence-corrected chi connectivity index (χ2v) is 4.76. The summed E-state index contributed by atoms with van der Waals surface area (Å²) < 4.78 is 0. The van der Waals surface area contributed by atoms with Crippen LogP contribution in [0.15, 0.2) is 36.4 Å². The normalized spacial score (nSPS) is 10.6. The van der Waals surface area contributed by atoms with E-state index in [0.717, 1.165) is 11.3 Å². The molecule has 0 atom stereocenters. The van der Waals surface area contributed by atoms with Crippen LogP contribution < -0.4 is 11.1 Å². The second-order valence-electron chi connectivity index (χ2n) is 4.76. The molecule has 0 bridgehead atoms. The van der Waals surface area contributed by atoms with Crippen LogP contribution in [0.2, 0.25) is 0 Å². The Hall–Kier alpha value is -2.63. The molecule has 104 valence electrons. The van der Waals surface area contributed by atoms with Crippen molar-refractivity contribution in [3.8, 4) is 0 Å². The molecule has 0 aliphatic heterocycles. The molecule has 0 fully saturated rings. The summed E-state index contributed by atoms with van der Waals surface area (Å²) in [6.07, 6.45) is 0. The summed E-state index contributed by atoms with van der Waals surface area (Å²) in [5.41, 5.74) is 7.49. The summed E-state index contributed by atoms with van der Waals surface area (Å²) in [6.45, 7) is 4.16. The maximum atomic E-state index is 10.8. The largest absolute Gasteiger partial charge is 0.383 e. The molecule has 1 aromatic carbocycles. The molecule has 6 nitrogen and oxygen atoms in total. The van der Waals surface area contributed by atoms with E-state index >= 15 is 0 Å². The zero-order valence-electron chi connectivity index (χ0n) is 11.3. The van der Waals surface area contributed by atoms with Crippen LogP contribution in [0.4, 0.5) is 23.0 Å². The quantitative estimate of drug-likeness (QED) is 0.656. The number of para-hydroxylation sites is 1. The van der Waals surface area contributed by atoms with Crippen LogP contribution in [0.3, 0.4) is 0 Å². The SMILES string of the molecule is CC(C)c1ccccc1Nc1cc([N+](=O)[O-])cc(N)n1. The van der Waals surface area contributed by atoms with Crippen LogP contribution in [0, 0.1) is 10.1 Å². The molecule has 6 heteroatoms. The highest BCUT2D eigenvalue weighted by Gasteiger charge is 2.12. The first-order chi connectivity index (χ1) is 9.47. The van der Waals surface area contributed by atoms with Gasteiger partial charge in [0.1, 0.15) is 11.6 Å². The Labute approximate surface area is 116 Å². The van der Waals surface area contributed by atoms with E-state index in [4.69, 9.17) is 5.73 Å². The van der Waals surface area contributed by atoms with E-state index in [0.29, 0.717) is 11.7 Å². The average Bonchev–Trinajstić information content (AvgIpc) is 2.38. The smallest absolute Gasteiger partial charge is 0.276 e. The molecule has 0 aliphatic carbocycles. The number of nitrogens with zero attached hydrogens (tertiary/aromatic N) is 2. The number of nitro groups is 1. The number of aromatic nitrogens is 1. The lowest BCUT2D eigenvalue weighted by Gasteiger charge is -2.14. The Bertz CT molecular complexity index is 641. The summed E-state index contributed by atoms with van der Waals surface area (Å²) in [5, 5.41) is 13.9. The molecule has 0 unspecified atom stereocenters. The summed E-state index contributed by atoms with van der Waals surface area (Å²) >= 11 is 0. The van der Waals surface area contributed by atoms with Gasteiger partial charge in [-0.3, -0.25) is 10.1 Å². The zero-order chi connectivity index (χ0) is 14.7. The molecule has 0 aliphatic rings. The fourth-order valence-corrected chi connectivity index (χ4v) is 1.96. The number of pyridine rings is 1. The van der Waals surface area contributed by atoms with Gasteiger partial charge in [0.2, 0.25) is 0 Å². The van der Waals surface area contributed by atoms with Crippen LogP contribution in [-0.4, -0.2) is 9.91 Å². The second kappa shape index (κ2) is 5.56.